The summed E-state index contributed by atoms with van der Waals surface area (Å²) in [6.45, 7) is 2.95. The number of anilines is 2. The van der Waals surface area contributed by atoms with Crippen LogP contribution in [0.3, 0.4) is 0 Å². The number of hydrogen-bond acceptors (Lipinski definition) is 6. The van der Waals surface area contributed by atoms with Crippen LogP contribution in [-0.4, -0.2) is 41.9 Å². The summed E-state index contributed by atoms with van der Waals surface area (Å²) in [5.41, 5.74) is 3.23. The molecule has 3 aromatic rings. The summed E-state index contributed by atoms with van der Waals surface area (Å²) in [7, 11) is 1.69. The maximum absolute atomic E-state index is 5.35. The molecule has 5 rings (SSSR count). The van der Waals surface area contributed by atoms with Gasteiger partial charge in [-0.15, -0.1) is 5.10 Å². The highest BCUT2D eigenvalue weighted by molar-refractivity contribution is 5.92. The van der Waals surface area contributed by atoms with Gasteiger partial charge in [-0.05, 0) is 49.2 Å². The number of nitrogens with one attached hydrogen (secondary N) is 1. The molecule has 0 amide bonds. The molecular weight excluding hydrogens is 338 g/mol. The molecule has 0 bridgehead atoms. The second kappa shape index (κ2) is 6.68. The standard InChI is InChI=1S/C21H23N5O/c1-27-16-4-5-19-17(10-16)20(8-9-22-19)23-11-14-12-26(13-14)21-7-6-18(24-25-21)15-2-3-15/h4-10,14-15H,2-3,11-13H2,1H3,(H,22,23). The van der Waals surface area contributed by atoms with Crippen molar-refractivity contribution in [1.29, 1.82) is 0 Å². The average molecular weight is 361 g/mol. The van der Waals surface area contributed by atoms with Crippen LogP contribution in [0.5, 0.6) is 5.75 Å². The lowest BCUT2D eigenvalue weighted by Crippen LogP contribution is -2.50. The third kappa shape index (κ3) is 3.27. The molecule has 1 saturated carbocycles. The number of rotatable bonds is 6. The fourth-order valence-corrected chi connectivity index (χ4v) is 3.65. The molecule has 1 N–H and O–H groups in total. The molecule has 2 aromatic heterocycles. The van der Waals surface area contributed by atoms with Crippen molar-refractivity contribution in [1.82, 2.24) is 15.2 Å². The number of fused-ring (bicyclic) bond motifs is 1. The Kier molecular flexibility index (Phi) is 4.03. The first-order chi connectivity index (χ1) is 13.3. The molecule has 6 nitrogen and oxygen atoms in total. The molecule has 0 unspecified atom stereocenters. The Morgan fingerprint density at radius 1 is 1.11 bits per heavy atom. The van der Waals surface area contributed by atoms with Gasteiger partial charge in [-0.3, -0.25) is 4.98 Å². The van der Waals surface area contributed by atoms with E-state index in [1.54, 1.807) is 7.11 Å². The maximum atomic E-state index is 5.35. The summed E-state index contributed by atoms with van der Waals surface area (Å²) in [4.78, 5) is 6.73. The number of nitrogens with zero attached hydrogens (tertiary/aromatic N) is 4. The first-order valence-corrected chi connectivity index (χ1v) is 9.55. The van der Waals surface area contributed by atoms with Crippen LogP contribution < -0.4 is 15.0 Å². The van der Waals surface area contributed by atoms with E-state index in [1.165, 1.54) is 12.8 Å². The van der Waals surface area contributed by atoms with Crippen molar-refractivity contribution < 1.29 is 4.74 Å². The Labute approximate surface area is 158 Å². The van der Waals surface area contributed by atoms with Crippen LogP contribution in [0, 0.1) is 5.92 Å². The highest BCUT2D eigenvalue weighted by Crippen LogP contribution is 2.39. The van der Waals surface area contributed by atoms with E-state index >= 15 is 0 Å². The maximum Gasteiger partial charge on any atom is 0.151 e. The Morgan fingerprint density at radius 3 is 2.74 bits per heavy atom. The molecule has 1 aliphatic carbocycles. The van der Waals surface area contributed by atoms with Crippen LogP contribution in [-0.2, 0) is 0 Å². The van der Waals surface area contributed by atoms with E-state index in [0.29, 0.717) is 11.8 Å². The van der Waals surface area contributed by atoms with Gasteiger partial charge in [0.05, 0.1) is 18.3 Å². The molecular formula is C21H23N5O. The van der Waals surface area contributed by atoms with Crippen LogP contribution in [0.2, 0.25) is 0 Å². The van der Waals surface area contributed by atoms with Crippen LogP contribution >= 0.6 is 0 Å². The minimum absolute atomic E-state index is 0.601. The minimum Gasteiger partial charge on any atom is -0.497 e. The topological polar surface area (TPSA) is 63.2 Å². The SMILES string of the molecule is COc1ccc2nccc(NCC3CN(c4ccc(C5CC5)nn4)C3)c2c1. The molecule has 2 fully saturated rings. The monoisotopic (exact) mass is 361 g/mol. The largest absolute Gasteiger partial charge is 0.497 e. The summed E-state index contributed by atoms with van der Waals surface area (Å²) in [5.74, 6) is 3.11. The number of ether oxygens (including phenoxy) is 1. The van der Waals surface area contributed by atoms with Crippen molar-refractivity contribution >= 4 is 22.4 Å². The summed E-state index contributed by atoms with van der Waals surface area (Å²) in [6.07, 6.45) is 4.38. The van der Waals surface area contributed by atoms with Crippen molar-refractivity contribution in [2.45, 2.75) is 18.8 Å². The number of methoxy groups -OCH3 is 1. The number of hydrogen-bond donors (Lipinski definition) is 1. The van der Waals surface area contributed by atoms with Crippen molar-refractivity contribution in [2.24, 2.45) is 5.92 Å². The third-order valence-electron chi connectivity index (χ3n) is 5.48. The summed E-state index contributed by atoms with van der Waals surface area (Å²) >= 11 is 0. The van der Waals surface area contributed by atoms with Gasteiger partial charge in [0.15, 0.2) is 5.82 Å². The van der Waals surface area contributed by atoms with Gasteiger partial charge in [0.25, 0.3) is 0 Å². The zero-order valence-electron chi connectivity index (χ0n) is 15.4. The van der Waals surface area contributed by atoms with Gasteiger partial charge in [0, 0.05) is 48.7 Å². The van der Waals surface area contributed by atoms with Crippen molar-refractivity contribution in [3.8, 4) is 5.75 Å². The second-order valence-electron chi connectivity index (χ2n) is 7.48. The Morgan fingerprint density at radius 2 is 2.00 bits per heavy atom. The molecule has 0 atom stereocenters. The second-order valence-corrected chi connectivity index (χ2v) is 7.48. The average Bonchev–Trinajstić information content (AvgIpc) is 3.52. The molecule has 3 heterocycles. The summed E-state index contributed by atoms with van der Waals surface area (Å²) in [6, 6.07) is 12.3. The molecule has 0 spiro atoms. The lowest BCUT2D eigenvalue weighted by molar-refractivity contribution is 0.415. The normalized spacial score (nSPS) is 17.0. The van der Waals surface area contributed by atoms with Crippen molar-refractivity contribution in [3.63, 3.8) is 0 Å². The molecule has 138 valence electrons. The molecule has 1 aromatic carbocycles. The molecule has 0 radical (unpaired) electrons. The van der Waals surface area contributed by atoms with Gasteiger partial charge < -0.3 is 15.0 Å². The minimum atomic E-state index is 0.601. The van der Waals surface area contributed by atoms with E-state index in [4.69, 9.17) is 4.74 Å². The highest BCUT2D eigenvalue weighted by Gasteiger charge is 2.29. The number of benzene rings is 1. The zero-order chi connectivity index (χ0) is 18.2. The smallest absolute Gasteiger partial charge is 0.151 e. The summed E-state index contributed by atoms with van der Waals surface area (Å²) in [5, 5.41) is 13.5. The predicted octanol–water partition coefficient (Wildman–Crippen LogP) is 3.46. The van der Waals surface area contributed by atoms with Gasteiger partial charge in [-0.2, -0.15) is 5.10 Å². The van der Waals surface area contributed by atoms with E-state index in [9.17, 15) is 0 Å². The van der Waals surface area contributed by atoms with Crippen LogP contribution in [0.25, 0.3) is 10.9 Å². The van der Waals surface area contributed by atoms with Gasteiger partial charge in [0.1, 0.15) is 5.75 Å². The lowest BCUT2D eigenvalue weighted by Gasteiger charge is -2.40. The van der Waals surface area contributed by atoms with E-state index in [-0.39, 0.29) is 0 Å². The van der Waals surface area contributed by atoms with E-state index in [1.807, 2.05) is 30.5 Å². The number of pyridine rings is 1. The van der Waals surface area contributed by atoms with E-state index in [2.05, 4.69) is 37.5 Å². The zero-order valence-corrected chi connectivity index (χ0v) is 15.4. The van der Waals surface area contributed by atoms with Gasteiger partial charge in [-0.25, -0.2) is 0 Å². The van der Waals surface area contributed by atoms with E-state index in [0.717, 1.165) is 53.5 Å². The number of aromatic nitrogens is 3. The Balaban J connectivity index is 1.20. The van der Waals surface area contributed by atoms with Gasteiger partial charge in [-0.1, -0.05) is 0 Å². The fourth-order valence-electron chi connectivity index (χ4n) is 3.65. The molecule has 6 heteroatoms. The van der Waals surface area contributed by atoms with Gasteiger partial charge >= 0.3 is 0 Å². The lowest BCUT2D eigenvalue weighted by atomic mass is 10.00. The van der Waals surface area contributed by atoms with Gasteiger partial charge in [0.2, 0.25) is 0 Å². The van der Waals surface area contributed by atoms with Crippen molar-refractivity contribution in [3.05, 3.63) is 48.3 Å². The van der Waals surface area contributed by atoms with Crippen LogP contribution in [0.4, 0.5) is 11.5 Å². The molecule has 27 heavy (non-hydrogen) atoms. The quantitative estimate of drug-likeness (QED) is 0.725. The molecule has 1 saturated heterocycles. The first-order valence-electron chi connectivity index (χ1n) is 9.55. The fraction of sp³-hybridized carbons (Fsp3) is 0.381. The predicted molar refractivity (Wildman–Crippen MR) is 106 cm³/mol. The van der Waals surface area contributed by atoms with Crippen LogP contribution in [0.15, 0.2) is 42.6 Å². The highest BCUT2D eigenvalue weighted by atomic mass is 16.5. The molecule has 1 aliphatic heterocycles. The van der Waals surface area contributed by atoms with Crippen molar-refractivity contribution in [2.75, 3.05) is 37.0 Å². The third-order valence-corrected chi connectivity index (χ3v) is 5.48. The molecule has 2 aliphatic rings. The summed E-state index contributed by atoms with van der Waals surface area (Å²) < 4.78 is 5.35. The van der Waals surface area contributed by atoms with E-state index < -0.39 is 0 Å². The Bertz CT molecular complexity index is 948. The first kappa shape index (κ1) is 16.3. The van der Waals surface area contributed by atoms with Crippen LogP contribution in [0.1, 0.15) is 24.5 Å². The Hall–Kier alpha value is -2.89.